The van der Waals surface area contributed by atoms with E-state index < -0.39 is 17.7 Å². The summed E-state index contributed by atoms with van der Waals surface area (Å²) in [4.78, 5) is 30.9. The molecule has 0 aromatic heterocycles. The summed E-state index contributed by atoms with van der Waals surface area (Å²) in [6, 6.07) is 19.7. The molecule has 1 amide bonds. The lowest BCUT2D eigenvalue weighted by atomic mass is 9.95. The van der Waals surface area contributed by atoms with E-state index in [0.29, 0.717) is 54.6 Å². The third-order valence-electron chi connectivity index (χ3n) is 8.22. The van der Waals surface area contributed by atoms with Gasteiger partial charge in [-0.25, -0.2) is 0 Å². The van der Waals surface area contributed by atoms with E-state index in [4.69, 9.17) is 14.2 Å². The predicted molar refractivity (Wildman–Crippen MR) is 177 cm³/mol. The van der Waals surface area contributed by atoms with Crippen LogP contribution in [0.25, 0.3) is 5.76 Å². The van der Waals surface area contributed by atoms with E-state index in [-0.39, 0.29) is 11.3 Å². The molecule has 0 unspecified atom stereocenters. The van der Waals surface area contributed by atoms with E-state index in [9.17, 15) is 14.7 Å². The van der Waals surface area contributed by atoms with Crippen molar-refractivity contribution in [1.82, 2.24) is 9.80 Å². The van der Waals surface area contributed by atoms with E-state index in [2.05, 4.69) is 25.7 Å². The van der Waals surface area contributed by atoms with E-state index in [0.717, 1.165) is 38.0 Å². The second-order valence-electron chi connectivity index (χ2n) is 11.3. The second kappa shape index (κ2) is 16.1. The number of nitrogens with zero attached hydrogens (tertiary/aromatic N) is 2. The summed E-state index contributed by atoms with van der Waals surface area (Å²) in [6.45, 7) is 12.3. The van der Waals surface area contributed by atoms with E-state index in [1.807, 2.05) is 37.3 Å². The minimum atomic E-state index is -0.780. The summed E-state index contributed by atoms with van der Waals surface area (Å²) in [7, 11) is 1.56. The van der Waals surface area contributed by atoms with Crippen LogP contribution in [0.1, 0.15) is 68.3 Å². The van der Waals surface area contributed by atoms with Gasteiger partial charge in [0, 0.05) is 12.1 Å². The van der Waals surface area contributed by atoms with Gasteiger partial charge in [-0.3, -0.25) is 9.59 Å². The highest BCUT2D eigenvalue weighted by Gasteiger charge is 2.46. The molecule has 8 nitrogen and oxygen atoms in total. The maximum Gasteiger partial charge on any atom is 0.295 e. The average molecular weight is 615 g/mol. The number of likely N-dealkylation sites (tertiary alicyclic amines) is 1. The molecule has 8 heteroatoms. The summed E-state index contributed by atoms with van der Waals surface area (Å²) < 4.78 is 17.5. The molecule has 1 saturated heterocycles. The summed E-state index contributed by atoms with van der Waals surface area (Å²) >= 11 is 0. The summed E-state index contributed by atoms with van der Waals surface area (Å²) in [5.41, 5.74) is 3.37. The Bertz CT molecular complexity index is 1460. The number of aryl methyl sites for hydroxylation is 1. The topological polar surface area (TPSA) is 88.5 Å². The Balaban J connectivity index is 1.66. The van der Waals surface area contributed by atoms with Crippen molar-refractivity contribution in [2.24, 2.45) is 0 Å². The van der Waals surface area contributed by atoms with Crippen LogP contribution in [-0.4, -0.2) is 66.5 Å². The van der Waals surface area contributed by atoms with Gasteiger partial charge in [-0.1, -0.05) is 63.1 Å². The largest absolute Gasteiger partial charge is 0.507 e. The molecular formula is C37H46N2O6. The highest BCUT2D eigenvalue weighted by Crippen LogP contribution is 2.42. The Kier molecular flexibility index (Phi) is 12.0. The van der Waals surface area contributed by atoms with Gasteiger partial charge in [-0.05, 0) is 86.9 Å². The van der Waals surface area contributed by atoms with Crippen LogP contribution in [0.15, 0.2) is 72.3 Å². The van der Waals surface area contributed by atoms with Gasteiger partial charge in [0.1, 0.15) is 18.1 Å². The number of hydrogen-bond acceptors (Lipinski definition) is 7. The van der Waals surface area contributed by atoms with Crippen LogP contribution < -0.4 is 14.2 Å². The quantitative estimate of drug-likeness (QED) is 0.0811. The molecule has 1 atom stereocenters. The Morgan fingerprint density at radius 3 is 2.24 bits per heavy atom. The minimum Gasteiger partial charge on any atom is -0.507 e. The first kappa shape index (κ1) is 33.6. The SMILES string of the molecule is CCCCOc1ccc([C@H]2C(=C(O)c3ccc(OCc4ccc(C)cc4)cc3)C(=O)C(=O)N2CCCN(CC)CC)cc1OC. The minimum absolute atomic E-state index is 0.0536. The van der Waals surface area contributed by atoms with Gasteiger partial charge >= 0.3 is 0 Å². The van der Waals surface area contributed by atoms with Crippen LogP contribution in [0.3, 0.4) is 0 Å². The number of rotatable bonds is 16. The van der Waals surface area contributed by atoms with Crippen LogP contribution in [0, 0.1) is 6.92 Å². The predicted octanol–water partition coefficient (Wildman–Crippen LogP) is 6.92. The highest BCUT2D eigenvalue weighted by atomic mass is 16.5. The number of unbranched alkanes of at least 4 members (excludes halogenated alkanes) is 1. The normalized spacial score (nSPS) is 16.0. The van der Waals surface area contributed by atoms with E-state index in [1.54, 1.807) is 48.4 Å². The first-order chi connectivity index (χ1) is 21.8. The molecule has 3 aromatic carbocycles. The number of aliphatic hydroxyl groups is 1. The number of ether oxygens (including phenoxy) is 3. The van der Waals surface area contributed by atoms with Crippen molar-refractivity contribution in [2.75, 3.05) is 39.9 Å². The van der Waals surface area contributed by atoms with Crippen LogP contribution in [0.4, 0.5) is 0 Å². The van der Waals surface area contributed by atoms with Crippen molar-refractivity contribution < 1.29 is 28.9 Å². The second-order valence-corrected chi connectivity index (χ2v) is 11.3. The highest BCUT2D eigenvalue weighted by molar-refractivity contribution is 6.46. The molecule has 0 saturated carbocycles. The number of benzene rings is 3. The molecular weight excluding hydrogens is 568 g/mol. The Labute approximate surface area is 267 Å². The Morgan fingerprint density at radius 2 is 1.60 bits per heavy atom. The monoisotopic (exact) mass is 614 g/mol. The van der Waals surface area contributed by atoms with Crippen LogP contribution >= 0.6 is 0 Å². The van der Waals surface area contributed by atoms with Gasteiger partial charge in [0.15, 0.2) is 11.5 Å². The fourth-order valence-electron chi connectivity index (χ4n) is 5.48. The number of methoxy groups -OCH3 is 1. The van der Waals surface area contributed by atoms with Crippen molar-refractivity contribution >= 4 is 17.4 Å². The lowest BCUT2D eigenvalue weighted by molar-refractivity contribution is -0.140. The van der Waals surface area contributed by atoms with Crippen molar-refractivity contribution in [2.45, 2.75) is 59.6 Å². The Hall–Kier alpha value is -4.30. The van der Waals surface area contributed by atoms with Gasteiger partial charge in [0.25, 0.3) is 11.7 Å². The molecule has 0 radical (unpaired) electrons. The zero-order valence-corrected chi connectivity index (χ0v) is 27.2. The molecule has 1 heterocycles. The molecule has 1 N–H and O–H groups in total. The number of ketones is 1. The lowest BCUT2D eigenvalue weighted by Gasteiger charge is -2.27. The summed E-state index contributed by atoms with van der Waals surface area (Å²) in [5, 5.41) is 11.6. The van der Waals surface area contributed by atoms with Crippen molar-refractivity contribution in [1.29, 1.82) is 0 Å². The number of amides is 1. The Morgan fingerprint density at radius 1 is 0.889 bits per heavy atom. The number of hydrogen-bond donors (Lipinski definition) is 1. The summed E-state index contributed by atoms with van der Waals surface area (Å²) in [6.07, 6.45) is 2.60. The number of carbonyl (C=O) groups is 2. The van der Waals surface area contributed by atoms with Crippen molar-refractivity contribution in [3.63, 3.8) is 0 Å². The standard InChI is InChI=1S/C37H46N2O6/c1-6-9-23-44-31-20-17-29(24-32(31)43-5)34-33(36(41)37(42)39(34)22-10-21-38(7-2)8-3)35(40)28-15-18-30(19-16-28)45-25-27-13-11-26(4)12-14-27/h11-20,24,34,40H,6-10,21-23,25H2,1-5H3/t34-/m0/s1. The first-order valence-corrected chi connectivity index (χ1v) is 15.9. The zero-order chi connectivity index (χ0) is 32.3. The molecule has 1 fully saturated rings. The average Bonchev–Trinajstić information content (AvgIpc) is 3.31. The van der Waals surface area contributed by atoms with E-state index in [1.165, 1.54) is 5.56 Å². The molecule has 45 heavy (non-hydrogen) atoms. The molecule has 4 rings (SSSR count). The van der Waals surface area contributed by atoms with Crippen molar-refractivity contribution in [3.05, 3.63) is 94.6 Å². The van der Waals surface area contributed by atoms with Crippen LogP contribution in [0.2, 0.25) is 0 Å². The lowest BCUT2D eigenvalue weighted by Crippen LogP contribution is -2.33. The smallest absolute Gasteiger partial charge is 0.295 e. The maximum absolute atomic E-state index is 13.6. The number of carbonyl (C=O) groups excluding carboxylic acids is 2. The number of aliphatic hydroxyl groups excluding tert-OH is 1. The molecule has 0 aliphatic carbocycles. The molecule has 0 spiro atoms. The van der Waals surface area contributed by atoms with E-state index >= 15 is 0 Å². The van der Waals surface area contributed by atoms with Crippen LogP contribution in [-0.2, 0) is 16.2 Å². The molecule has 1 aliphatic heterocycles. The molecule has 0 bridgehead atoms. The molecule has 3 aromatic rings. The van der Waals surface area contributed by atoms with Gasteiger partial charge in [0.2, 0.25) is 0 Å². The molecule has 1 aliphatic rings. The summed E-state index contributed by atoms with van der Waals surface area (Å²) in [5.74, 6) is 0.173. The van der Waals surface area contributed by atoms with Gasteiger partial charge < -0.3 is 29.1 Å². The fourth-order valence-corrected chi connectivity index (χ4v) is 5.48. The fraction of sp³-hybridized carbons (Fsp3) is 0.405. The maximum atomic E-state index is 13.6. The van der Waals surface area contributed by atoms with Crippen LogP contribution in [0.5, 0.6) is 17.2 Å². The van der Waals surface area contributed by atoms with Gasteiger partial charge in [-0.2, -0.15) is 0 Å². The molecule has 240 valence electrons. The third-order valence-corrected chi connectivity index (χ3v) is 8.22. The zero-order valence-electron chi connectivity index (χ0n) is 27.2. The van der Waals surface area contributed by atoms with Gasteiger partial charge in [-0.15, -0.1) is 0 Å². The number of Topliss-reactive ketones (excluding diaryl/α,β-unsaturated/α-hetero) is 1. The third kappa shape index (κ3) is 8.25. The van der Waals surface area contributed by atoms with Gasteiger partial charge in [0.05, 0.1) is 25.3 Å². The van der Waals surface area contributed by atoms with Crippen molar-refractivity contribution in [3.8, 4) is 17.2 Å². The first-order valence-electron chi connectivity index (χ1n) is 15.9.